The van der Waals surface area contributed by atoms with Gasteiger partial charge in [-0.1, -0.05) is 38.1 Å². The van der Waals surface area contributed by atoms with E-state index < -0.39 is 0 Å². The van der Waals surface area contributed by atoms with Gasteiger partial charge in [0.2, 0.25) is 0 Å². The molecule has 2 rings (SSSR count). The second-order valence-electron chi connectivity index (χ2n) is 3.69. The average molecular weight is 176 g/mol. The van der Waals surface area contributed by atoms with Crippen LogP contribution in [-0.4, -0.2) is 6.61 Å². The third-order valence-electron chi connectivity index (χ3n) is 2.93. The van der Waals surface area contributed by atoms with E-state index in [-0.39, 0.29) is 5.60 Å². The molecule has 1 aliphatic heterocycles. The molecule has 1 heterocycles. The molecule has 13 heavy (non-hydrogen) atoms. The van der Waals surface area contributed by atoms with Crippen LogP contribution >= 0.6 is 0 Å². The zero-order chi connectivity index (χ0) is 9.31. The van der Waals surface area contributed by atoms with Crippen LogP contribution in [0.25, 0.3) is 0 Å². The van der Waals surface area contributed by atoms with Gasteiger partial charge in [0, 0.05) is 0 Å². The molecule has 0 aromatic heterocycles. The number of rotatable bonds is 3. The van der Waals surface area contributed by atoms with Gasteiger partial charge in [-0.2, -0.15) is 0 Å². The molecule has 0 bridgehead atoms. The van der Waals surface area contributed by atoms with Crippen LogP contribution in [0.15, 0.2) is 24.3 Å². The van der Waals surface area contributed by atoms with Crippen molar-refractivity contribution in [2.45, 2.75) is 32.3 Å². The van der Waals surface area contributed by atoms with Crippen molar-refractivity contribution in [2.75, 3.05) is 6.61 Å². The fourth-order valence-electron chi connectivity index (χ4n) is 1.74. The first kappa shape index (κ1) is 8.76. The summed E-state index contributed by atoms with van der Waals surface area (Å²) in [5, 5.41) is 0. The monoisotopic (exact) mass is 176 g/mol. The lowest BCUT2D eigenvalue weighted by Crippen LogP contribution is -2.06. The van der Waals surface area contributed by atoms with Gasteiger partial charge in [-0.05, 0) is 24.0 Å². The first-order valence-electron chi connectivity index (χ1n) is 5.04. The van der Waals surface area contributed by atoms with Gasteiger partial charge in [0.05, 0.1) is 6.61 Å². The van der Waals surface area contributed by atoms with Gasteiger partial charge in [0.1, 0.15) is 5.60 Å². The molecule has 1 aromatic rings. The lowest BCUT2D eigenvalue weighted by molar-refractivity contribution is 0.301. The molecule has 1 nitrogen and oxygen atoms in total. The number of ether oxygens (including phenoxy) is 1. The van der Waals surface area contributed by atoms with Gasteiger partial charge in [-0.25, -0.2) is 0 Å². The molecule has 0 amide bonds. The summed E-state index contributed by atoms with van der Waals surface area (Å²) in [6.07, 6.45) is 2.19. The summed E-state index contributed by atoms with van der Waals surface area (Å²) in [6, 6.07) is 8.76. The number of aryl methyl sites for hydroxylation is 1. The molecule has 0 saturated carbocycles. The van der Waals surface area contributed by atoms with Crippen molar-refractivity contribution in [2.24, 2.45) is 0 Å². The van der Waals surface area contributed by atoms with E-state index in [9.17, 15) is 0 Å². The van der Waals surface area contributed by atoms with Crippen LogP contribution in [0.4, 0.5) is 0 Å². The van der Waals surface area contributed by atoms with Crippen LogP contribution in [0.1, 0.15) is 31.4 Å². The molecular weight excluding hydrogens is 160 g/mol. The molecule has 1 unspecified atom stereocenters. The second kappa shape index (κ2) is 3.15. The third kappa shape index (κ3) is 1.49. The quantitative estimate of drug-likeness (QED) is 0.645. The van der Waals surface area contributed by atoms with Crippen molar-refractivity contribution in [3.8, 4) is 0 Å². The van der Waals surface area contributed by atoms with Crippen LogP contribution < -0.4 is 0 Å². The van der Waals surface area contributed by atoms with Gasteiger partial charge in [0.25, 0.3) is 0 Å². The highest BCUT2D eigenvalue weighted by Crippen LogP contribution is 2.41. The van der Waals surface area contributed by atoms with Crippen molar-refractivity contribution in [3.05, 3.63) is 35.4 Å². The van der Waals surface area contributed by atoms with Crippen molar-refractivity contribution >= 4 is 0 Å². The Bertz CT molecular complexity index is 300. The first-order valence-corrected chi connectivity index (χ1v) is 5.04. The van der Waals surface area contributed by atoms with Crippen molar-refractivity contribution in [1.29, 1.82) is 0 Å². The Morgan fingerprint density at radius 2 is 2.15 bits per heavy atom. The van der Waals surface area contributed by atoms with Gasteiger partial charge >= 0.3 is 0 Å². The van der Waals surface area contributed by atoms with E-state index in [0.29, 0.717) is 0 Å². The minimum absolute atomic E-state index is 0.0746. The fraction of sp³-hybridized carbons (Fsp3) is 0.500. The number of hydrogen-bond donors (Lipinski definition) is 0. The van der Waals surface area contributed by atoms with E-state index >= 15 is 0 Å². The Labute approximate surface area is 79.7 Å². The molecule has 0 spiro atoms. The van der Waals surface area contributed by atoms with E-state index in [0.717, 1.165) is 19.4 Å². The van der Waals surface area contributed by atoms with Crippen LogP contribution in [-0.2, 0) is 16.8 Å². The molecule has 1 fully saturated rings. The van der Waals surface area contributed by atoms with E-state index in [4.69, 9.17) is 4.74 Å². The summed E-state index contributed by atoms with van der Waals surface area (Å²) in [5.74, 6) is 0. The maximum absolute atomic E-state index is 5.53. The highest BCUT2D eigenvalue weighted by Gasteiger charge is 2.44. The fourth-order valence-corrected chi connectivity index (χ4v) is 1.74. The highest BCUT2D eigenvalue weighted by molar-refractivity contribution is 5.31. The summed E-state index contributed by atoms with van der Waals surface area (Å²) >= 11 is 0. The molecule has 0 aliphatic carbocycles. The van der Waals surface area contributed by atoms with E-state index in [1.165, 1.54) is 11.1 Å². The van der Waals surface area contributed by atoms with E-state index in [1.54, 1.807) is 0 Å². The summed E-state index contributed by atoms with van der Waals surface area (Å²) < 4.78 is 5.53. The zero-order valence-corrected chi connectivity index (χ0v) is 8.34. The largest absolute Gasteiger partial charge is 0.365 e. The zero-order valence-electron chi connectivity index (χ0n) is 8.34. The van der Waals surface area contributed by atoms with Crippen LogP contribution in [0.3, 0.4) is 0 Å². The molecule has 1 saturated heterocycles. The van der Waals surface area contributed by atoms with Gasteiger partial charge < -0.3 is 4.74 Å². The molecule has 1 heteroatoms. The van der Waals surface area contributed by atoms with Crippen molar-refractivity contribution in [3.63, 3.8) is 0 Å². The van der Waals surface area contributed by atoms with Crippen LogP contribution in [0.5, 0.6) is 0 Å². The van der Waals surface area contributed by atoms with Crippen molar-refractivity contribution < 1.29 is 4.74 Å². The predicted octanol–water partition coefficient (Wildman–Crippen LogP) is 2.88. The smallest absolute Gasteiger partial charge is 0.116 e. The maximum atomic E-state index is 5.53. The molecule has 0 radical (unpaired) electrons. The summed E-state index contributed by atoms with van der Waals surface area (Å²) in [6.45, 7) is 5.27. The first-order chi connectivity index (χ1) is 6.30. The Morgan fingerprint density at radius 3 is 2.69 bits per heavy atom. The Kier molecular flexibility index (Phi) is 2.12. The topological polar surface area (TPSA) is 12.5 Å². The SMILES string of the molecule is CCc1cccc(C2(CC)CO2)c1. The van der Waals surface area contributed by atoms with Crippen LogP contribution in [0.2, 0.25) is 0 Å². The van der Waals surface area contributed by atoms with Crippen LogP contribution in [0, 0.1) is 0 Å². The predicted molar refractivity (Wildman–Crippen MR) is 53.7 cm³/mol. The molecule has 70 valence electrons. The van der Waals surface area contributed by atoms with E-state index in [2.05, 4.69) is 38.1 Å². The van der Waals surface area contributed by atoms with Gasteiger partial charge in [0.15, 0.2) is 0 Å². The molecule has 1 aliphatic rings. The number of hydrogen-bond acceptors (Lipinski definition) is 1. The summed E-state index contributed by atoms with van der Waals surface area (Å²) in [7, 11) is 0. The van der Waals surface area contributed by atoms with E-state index in [1.807, 2.05) is 0 Å². The Morgan fingerprint density at radius 1 is 1.38 bits per heavy atom. The van der Waals surface area contributed by atoms with Gasteiger partial charge in [-0.15, -0.1) is 0 Å². The van der Waals surface area contributed by atoms with Gasteiger partial charge in [-0.3, -0.25) is 0 Å². The minimum atomic E-state index is 0.0746. The standard InChI is InChI=1S/C12H16O/c1-3-10-6-5-7-11(8-10)12(4-2)9-13-12/h5-8H,3-4,9H2,1-2H3. The lowest BCUT2D eigenvalue weighted by atomic mass is 9.95. The summed E-state index contributed by atoms with van der Waals surface area (Å²) in [4.78, 5) is 0. The van der Waals surface area contributed by atoms with Crippen molar-refractivity contribution in [1.82, 2.24) is 0 Å². The summed E-state index contributed by atoms with van der Waals surface area (Å²) in [5.41, 5.74) is 2.83. The highest BCUT2D eigenvalue weighted by atomic mass is 16.6. The average Bonchev–Trinajstić information content (AvgIpc) is 2.99. The number of benzene rings is 1. The molecule has 1 aromatic carbocycles. The minimum Gasteiger partial charge on any atom is -0.365 e. The Hall–Kier alpha value is -0.820. The maximum Gasteiger partial charge on any atom is 0.116 e. The molecule has 1 atom stereocenters. The third-order valence-corrected chi connectivity index (χ3v) is 2.93. The lowest BCUT2D eigenvalue weighted by Gasteiger charge is -2.10. The number of epoxide rings is 1. The molecular formula is C12H16O. The molecule has 0 N–H and O–H groups in total. The second-order valence-corrected chi connectivity index (χ2v) is 3.69. The Balaban J connectivity index is 2.30. The normalized spacial score (nSPS) is 26.0.